The van der Waals surface area contributed by atoms with E-state index in [-0.39, 0.29) is 17.9 Å². The Hall–Kier alpha value is -1.88. The van der Waals surface area contributed by atoms with E-state index in [0.29, 0.717) is 18.8 Å². The molecule has 4 unspecified atom stereocenters. The van der Waals surface area contributed by atoms with Gasteiger partial charge in [0.25, 0.3) is 0 Å². The van der Waals surface area contributed by atoms with Crippen LogP contribution in [0.3, 0.4) is 0 Å². The van der Waals surface area contributed by atoms with Gasteiger partial charge < -0.3 is 10.4 Å². The van der Waals surface area contributed by atoms with Gasteiger partial charge >= 0.3 is 5.97 Å². The predicted molar refractivity (Wildman–Crippen MR) is 95.9 cm³/mol. The summed E-state index contributed by atoms with van der Waals surface area (Å²) in [5, 5.41) is 12.5. The van der Waals surface area contributed by atoms with Crippen molar-refractivity contribution in [2.75, 3.05) is 13.1 Å². The van der Waals surface area contributed by atoms with E-state index in [1.54, 1.807) is 0 Å². The molecule has 4 atom stereocenters. The lowest BCUT2D eigenvalue weighted by Crippen LogP contribution is -2.42. The average Bonchev–Trinajstić information content (AvgIpc) is 3.22. The van der Waals surface area contributed by atoms with E-state index in [1.165, 1.54) is 5.56 Å². The second kappa shape index (κ2) is 8.00. The first-order chi connectivity index (χ1) is 12.1. The minimum absolute atomic E-state index is 0.0603. The van der Waals surface area contributed by atoms with Gasteiger partial charge in [0.05, 0.1) is 11.8 Å². The summed E-state index contributed by atoms with van der Waals surface area (Å²) in [4.78, 5) is 26.5. The lowest BCUT2D eigenvalue weighted by atomic mass is 9.95. The molecule has 2 aliphatic rings. The summed E-state index contributed by atoms with van der Waals surface area (Å²) in [6.45, 7) is 4.77. The Bertz CT molecular complexity index is 604. The summed E-state index contributed by atoms with van der Waals surface area (Å²) in [5.74, 6) is -1.42. The van der Waals surface area contributed by atoms with Crippen molar-refractivity contribution in [2.45, 2.75) is 45.2 Å². The molecule has 1 aliphatic carbocycles. The maximum absolute atomic E-state index is 12.6. The summed E-state index contributed by atoms with van der Waals surface area (Å²) >= 11 is 0. The van der Waals surface area contributed by atoms with E-state index in [1.807, 2.05) is 18.2 Å². The lowest BCUT2D eigenvalue weighted by Gasteiger charge is -2.20. The van der Waals surface area contributed by atoms with Crippen LogP contribution in [0.5, 0.6) is 0 Å². The van der Waals surface area contributed by atoms with Crippen LogP contribution < -0.4 is 5.32 Å². The zero-order valence-corrected chi connectivity index (χ0v) is 14.9. The predicted octanol–water partition coefficient (Wildman–Crippen LogP) is 2.51. The number of amides is 1. The van der Waals surface area contributed by atoms with Gasteiger partial charge in [0, 0.05) is 25.7 Å². The number of hydrogen-bond acceptors (Lipinski definition) is 3. The summed E-state index contributed by atoms with van der Waals surface area (Å²) in [5.41, 5.74) is 1.28. The number of benzene rings is 1. The van der Waals surface area contributed by atoms with Crippen molar-refractivity contribution in [1.82, 2.24) is 10.2 Å². The van der Waals surface area contributed by atoms with Crippen molar-refractivity contribution in [2.24, 2.45) is 17.8 Å². The molecule has 1 heterocycles. The highest BCUT2D eigenvalue weighted by Crippen LogP contribution is 2.38. The van der Waals surface area contributed by atoms with Gasteiger partial charge in [0.1, 0.15) is 0 Å². The molecule has 0 aromatic heterocycles. The van der Waals surface area contributed by atoms with Gasteiger partial charge in [-0.3, -0.25) is 14.5 Å². The number of nitrogens with zero attached hydrogens (tertiary/aromatic N) is 1. The maximum Gasteiger partial charge on any atom is 0.307 e. The highest BCUT2D eigenvalue weighted by Gasteiger charge is 2.42. The number of carboxylic acid groups (broad SMARTS) is 1. The first kappa shape index (κ1) is 17.9. The molecule has 5 heteroatoms. The van der Waals surface area contributed by atoms with E-state index >= 15 is 0 Å². The minimum atomic E-state index is -0.826. The summed E-state index contributed by atoms with van der Waals surface area (Å²) in [7, 11) is 0. The fraction of sp³-hybridized carbons (Fsp3) is 0.600. The molecule has 0 spiro atoms. The minimum Gasteiger partial charge on any atom is -0.481 e. The molecule has 1 saturated carbocycles. The molecule has 3 rings (SSSR count). The molecule has 2 N–H and O–H groups in total. The Labute approximate surface area is 149 Å². The molecule has 1 aromatic rings. The van der Waals surface area contributed by atoms with Gasteiger partial charge in [-0.25, -0.2) is 0 Å². The van der Waals surface area contributed by atoms with Crippen LogP contribution in [0.25, 0.3) is 0 Å². The molecule has 2 fully saturated rings. The Morgan fingerprint density at radius 2 is 1.92 bits per heavy atom. The molecule has 0 bridgehead atoms. The van der Waals surface area contributed by atoms with Crippen molar-refractivity contribution in [3.63, 3.8) is 0 Å². The second-order valence-electron chi connectivity index (χ2n) is 7.51. The molecule has 0 radical (unpaired) electrons. The molecule has 25 heavy (non-hydrogen) atoms. The summed E-state index contributed by atoms with van der Waals surface area (Å²) in [6.07, 6.45) is 3.22. The molecule has 1 amide bonds. The van der Waals surface area contributed by atoms with Gasteiger partial charge in [0.15, 0.2) is 0 Å². The fourth-order valence-electron chi connectivity index (χ4n) is 4.28. The number of nitrogens with one attached hydrogen (secondary N) is 1. The Morgan fingerprint density at radius 3 is 2.60 bits per heavy atom. The van der Waals surface area contributed by atoms with E-state index < -0.39 is 11.9 Å². The van der Waals surface area contributed by atoms with Crippen LogP contribution in [-0.2, 0) is 16.1 Å². The van der Waals surface area contributed by atoms with E-state index in [4.69, 9.17) is 0 Å². The topological polar surface area (TPSA) is 69.6 Å². The van der Waals surface area contributed by atoms with Gasteiger partial charge in [0.2, 0.25) is 5.91 Å². The highest BCUT2D eigenvalue weighted by atomic mass is 16.4. The number of carbonyl (C=O) groups is 2. The molecular formula is C20H28N2O3. The molecule has 136 valence electrons. The normalized spacial score (nSPS) is 29.6. The molecule has 1 aliphatic heterocycles. The zero-order chi connectivity index (χ0) is 17.8. The van der Waals surface area contributed by atoms with Gasteiger partial charge in [-0.15, -0.1) is 0 Å². The molecule has 1 aromatic carbocycles. The van der Waals surface area contributed by atoms with Crippen LogP contribution in [-0.4, -0.2) is 41.0 Å². The monoisotopic (exact) mass is 344 g/mol. The van der Waals surface area contributed by atoms with Crippen molar-refractivity contribution in [3.05, 3.63) is 35.9 Å². The van der Waals surface area contributed by atoms with E-state index in [2.05, 4.69) is 29.3 Å². The van der Waals surface area contributed by atoms with Crippen LogP contribution in [0.4, 0.5) is 0 Å². The fourth-order valence-corrected chi connectivity index (χ4v) is 4.28. The molecule has 1 saturated heterocycles. The number of carbonyl (C=O) groups excluding carboxylic acids is 1. The lowest BCUT2D eigenvalue weighted by molar-refractivity contribution is -0.146. The number of aliphatic carboxylic acids is 1. The number of likely N-dealkylation sites (tertiary alicyclic amines) is 1. The first-order valence-electron chi connectivity index (χ1n) is 9.36. The van der Waals surface area contributed by atoms with E-state index in [9.17, 15) is 14.7 Å². The maximum atomic E-state index is 12.6. The van der Waals surface area contributed by atoms with E-state index in [0.717, 1.165) is 32.5 Å². The second-order valence-corrected chi connectivity index (χ2v) is 7.51. The first-order valence-corrected chi connectivity index (χ1v) is 9.36. The number of hydrogen-bond donors (Lipinski definition) is 2. The third-order valence-corrected chi connectivity index (χ3v) is 5.76. The van der Waals surface area contributed by atoms with Crippen molar-refractivity contribution in [3.8, 4) is 0 Å². The Balaban J connectivity index is 1.52. The van der Waals surface area contributed by atoms with Crippen LogP contribution in [0.2, 0.25) is 0 Å². The Morgan fingerprint density at radius 1 is 1.20 bits per heavy atom. The third-order valence-electron chi connectivity index (χ3n) is 5.76. The SMILES string of the molecule is CCC1CC(C(=O)O)C(C(=O)NC2CCN(Cc3ccccc3)C2)C1. The van der Waals surface area contributed by atoms with Crippen LogP contribution in [0, 0.1) is 17.8 Å². The van der Waals surface area contributed by atoms with Gasteiger partial charge in [-0.2, -0.15) is 0 Å². The number of carboxylic acids is 1. The highest BCUT2D eigenvalue weighted by molar-refractivity contribution is 5.85. The van der Waals surface area contributed by atoms with Crippen molar-refractivity contribution >= 4 is 11.9 Å². The average molecular weight is 344 g/mol. The number of rotatable bonds is 6. The van der Waals surface area contributed by atoms with Crippen molar-refractivity contribution < 1.29 is 14.7 Å². The van der Waals surface area contributed by atoms with Crippen LogP contribution in [0.1, 0.15) is 38.2 Å². The smallest absolute Gasteiger partial charge is 0.307 e. The molecular weight excluding hydrogens is 316 g/mol. The zero-order valence-electron chi connectivity index (χ0n) is 14.9. The quantitative estimate of drug-likeness (QED) is 0.832. The molecule has 5 nitrogen and oxygen atoms in total. The Kier molecular flexibility index (Phi) is 5.74. The van der Waals surface area contributed by atoms with Gasteiger partial charge in [-0.1, -0.05) is 43.7 Å². The van der Waals surface area contributed by atoms with Crippen molar-refractivity contribution in [1.29, 1.82) is 0 Å². The standard InChI is InChI=1S/C20H28N2O3/c1-2-14-10-17(18(11-14)20(24)25)19(23)21-16-8-9-22(13-16)12-15-6-4-3-5-7-15/h3-7,14,16-18H,2,8-13H2,1H3,(H,21,23)(H,24,25). The van der Waals surface area contributed by atoms with Gasteiger partial charge in [-0.05, 0) is 30.7 Å². The van der Waals surface area contributed by atoms with Crippen LogP contribution in [0.15, 0.2) is 30.3 Å². The largest absolute Gasteiger partial charge is 0.481 e. The van der Waals surface area contributed by atoms with Crippen LogP contribution >= 0.6 is 0 Å². The summed E-state index contributed by atoms with van der Waals surface area (Å²) in [6, 6.07) is 10.5. The summed E-state index contributed by atoms with van der Waals surface area (Å²) < 4.78 is 0. The third kappa shape index (κ3) is 4.40.